The molecule has 5 heteroatoms. The van der Waals surface area contributed by atoms with Crippen molar-refractivity contribution in [3.8, 4) is 0 Å². The van der Waals surface area contributed by atoms with Crippen LogP contribution in [0.5, 0.6) is 0 Å². The molecule has 4 nitrogen and oxygen atoms in total. The van der Waals surface area contributed by atoms with Crippen molar-refractivity contribution in [3.63, 3.8) is 0 Å². The van der Waals surface area contributed by atoms with Crippen molar-refractivity contribution >= 4 is 27.5 Å². The zero-order valence-electron chi connectivity index (χ0n) is 13.7. The largest absolute Gasteiger partial charge is 0.307 e. The van der Waals surface area contributed by atoms with Crippen molar-refractivity contribution in [2.75, 3.05) is 17.7 Å². The minimum Gasteiger partial charge on any atom is -0.307 e. The lowest BCUT2D eigenvalue weighted by Crippen LogP contribution is -2.32. The van der Waals surface area contributed by atoms with E-state index in [1.165, 1.54) is 6.07 Å². The van der Waals surface area contributed by atoms with Crippen LogP contribution in [-0.4, -0.2) is 27.1 Å². The van der Waals surface area contributed by atoms with Crippen molar-refractivity contribution in [2.45, 2.75) is 18.2 Å². The lowest BCUT2D eigenvalue weighted by Gasteiger charge is -2.23. The summed E-state index contributed by atoms with van der Waals surface area (Å²) in [5, 5.41) is 0. The number of amides is 1. The first-order valence-corrected chi connectivity index (χ1v) is 9.65. The van der Waals surface area contributed by atoms with Gasteiger partial charge in [-0.15, -0.1) is 0 Å². The summed E-state index contributed by atoms with van der Waals surface area (Å²) in [6.45, 7) is 2.30. The number of carbonyl (C=O) groups excluding carboxylic acids is 1. The van der Waals surface area contributed by atoms with Gasteiger partial charge >= 0.3 is 0 Å². The van der Waals surface area contributed by atoms with E-state index in [2.05, 4.69) is 0 Å². The van der Waals surface area contributed by atoms with Crippen LogP contribution in [0.4, 0.5) is 5.69 Å². The van der Waals surface area contributed by atoms with Crippen molar-refractivity contribution in [1.82, 2.24) is 0 Å². The van der Waals surface area contributed by atoms with Crippen LogP contribution in [0.1, 0.15) is 27.9 Å². The molecule has 0 saturated heterocycles. The van der Waals surface area contributed by atoms with Gasteiger partial charge in [-0.05, 0) is 42.7 Å². The Bertz CT molecular complexity index is 929. The Morgan fingerprint density at radius 1 is 1.12 bits per heavy atom. The Morgan fingerprint density at radius 3 is 2.62 bits per heavy atom. The molecule has 3 rings (SSSR count). The van der Waals surface area contributed by atoms with E-state index in [-0.39, 0.29) is 10.8 Å². The van der Waals surface area contributed by atoms with E-state index in [1.807, 2.05) is 36.4 Å². The lowest BCUT2D eigenvalue weighted by atomic mass is 10.1. The second-order valence-electron chi connectivity index (χ2n) is 5.96. The molecule has 0 N–H and O–H groups in total. The van der Waals surface area contributed by atoms with Crippen LogP contribution in [0, 0.1) is 6.92 Å². The summed E-state index contributed by atoms with van der Waals surface area (Å²) in [7, 11) is -3.37. The molecule has 0 bridgehead atoms. The van der Waals surface area contributed by atoms with Gasteiger partial charge in [-0.2, -0.15) is 0 Å². The zero-order chi connectivity index (χ0) is 17.3. The van der Waals surface area contributed by atoms with Gasteiger partial charge in [-0.25, -0.2) is 8.42 Å². The highest BCUT2D eigenvalue weighted by Crippen LogP contribution is 2.27. The minimum absolute atomic E-state index is 0.184. The maximum absolute atomic E-state index is 13.0. The first kappa shape index (κ1) is 16.5. The van der Waals surface area contributed by atoms with Crippen molar-refractivity contribution < 1.29 is 13.2 Å². The second-order valence-corrected chi connectivity index (χ2v) is 7.94. The fraction of sp³-hybridized carbons (Fsp3) is 0.211. The third kappa shape index (κ3) is 3.12. The average Bonchev–Trinajstić information content (AvgIpc) is 2.76. The van der Waals surface area contributed by atoms with Gasteiger partial charge in [0, 0.05) is 18.4 Å². The number of sulfone groups is 1. The molecule has 1 heterocycles. The SMILES string of the molecule is Cc1ccc(C(=O)N2CCC=Cc3ccccc32)cc1S(C)(=O)=O. The third-order valence-electron chi connectivity index (χ3n) is 4.12. The van der Waals surface area contributed by atoms with Crippen LogP contribution in [0.25, 0.3) is 6.08 Å². The highest BCUT2D eigenvalue weighted by atomic mass is 32.2. The summed E-state index contributed by atoms with van der Waals surface area (Å²) in [6, 6.07) is 12.6. The monoisotopic (exact) mass is 341 g/mol. The summed E-state index contributed by atoms with van der Waals surface area (Å²) in [4.78, 5) is 14.9. The predicted molar refractivity (Wildman–Crippen MR) is 96.1 cm³/mol. The summed E-state index contributed by atoms with van der Waals surface area (Å²) < 4.78 is 23.8. The van der Waals surface area contributed by atoms with Crippen LogP contribution in [0.3, 0.4) is 0 Å². The van der Waals surface area contributed by atoms with Crippen LogP contribution >= 0.6 is 0 Å². The number of nitrogens with zero attached hydrogens (tertiary/aromatic N) is 1. The van der Waals surface area contributed by atoms with E-state index in [0.717, 1.165) is 23.9 Å². The van der Waals surface area contributed by atoms with Crippen LogP contribution < -0.4 is 4.90 Å². The molecular formula is C19H19NO3S. The third-order valence-corrected chi connectivity index (χ3v) is 5.36. The number of benzene rings is 2. The van der Waals surface area contributed by atoms with E-state index in [1.54, 1.807) is 24.0 Å². The number of para-hydroxylation sites is 1. The topological polar surface area (TPSA) is 54.5 Å². The second kappa shape index (κ2) is 6.24. The number of hydrogen-bond acceptors (Lipinski definition) is 3. The molecule has 0 radical (unpaired) electrons. The molecule has 1 aliphatic rings. The van der Waals surface area contributed by atoms with Gasteiger partial charge in [-0.1, -0.05) is 36.4 Å². The maximum Gasteiger partial charge on any atom is 0.258 e. The van der Waals surface area contributed by atoms with E-state index < -0.39 is 9.84 Å². The average molecular weight is 341 g/mol. The summed E-state index contributed by atoms with van der Waals surface area (Å²) >= 11 is 0. The van der Waals surface area contributed by atoms with E-state index in [0.29, 0.717) is 17.7 Å². The highest BCUT2D eigenvalue weighted by molar-refractivity contribution is 7.90. The number of anilines is 1. The van der Waals surface area contributed by atoms with E-state index in [4.69, 9.17) is 0 Å². The fourth-order valence-corrected chi connectivity index (χ4v) is 3.90. The number of rotatable bonds is 2. The smallest absolute Gasteiger partial charge is 0.258 e. The molecule has 0 atom stereocenters. The molecule has 0 saturated carbocycles. The van der Waals surface area contributed by atoms with Gasteiger partial charge in [0.1, 0.15) is 0 Å². The summed E-state index contributed by atoms with van der Waals surface area (Å²) in [5.41, 5.74) is 2.86. The molecule has 0 spiro atoms. The Kier molecular flexibility index (Phi) is 4.28. The van der Waals surface area contributed by atoms with Crippen molar-refractivity contribution in [1.29, 1.82) is 0 Å². The van der Waals surface area contributed by atoms with Crippen LogP contribution in [0.2, 0.25) is 0 Å². The Balaban J connectivity index is 2.05. The molecular weight excluding hydrogens is 322 g/mol. The minimum atomic E-state index is -3.37. The molecule has 0 aliphatic carbocycles. The highest BCUT2D eigenvalue weighted by Gasteiger charge is 2.22. The van der Waals surface area contributed by atoms with Crippen LogP contribution in [-0.2, 0) is 9.84 Å². The molecule has 2 aromatic rings. The lowest BCUT2D eigenvalue weighted by molar-refractivity contribution is 0.0987. The van der Waals surface area contributed by atoms with Gasteiger partial charge in [0.2, 0.25) is 0 Å². The van der Waals surface area contributed by atoms with Gasteiger partial charge in [0.15, 0.2) is 9.84 Å². The summed E-state index contributed by atoms with van der Waals surface area (Å²) in [5.74, 6) is -0.184. The Morgan fingerprint density at radius 2 is 1.88 bits per heavy atom. The molecule has 1 aliphatic heterocycles. The Labute approximate surface area is 142 Å². The van der Waals surface area contributed by atoms with Crippen LogP contribution in [0.15, 0.2) is 53.4 Å². The van der Waals surface area contributed by atoms with E-state index in [9.17, 15) is 13.2 Å². The van der Waals surface area contributed by atoms with Gasteiger partial charge < -0.3 is 4.90 Å². The van der Waals surface area contributed by atoms with Crippen molar-refractivity contribution in [2.24, 2.45) is 0 Å². The summed E-state index contributed by atoms with van der Waals surface area (Å²) in [6.07, 6.45) is 5.98. The van der Waals surface area contributed by atoms with Gasteiger partial charge in [0.05, 0.1) is 10.6 Å². The first-order valence-electron chi connectivity index (χ1n) is 7.76. The number of aryl methyl sites for hydroxylation is 1. The Hall–Kier alpha value is -2.40. The molecule has 1 amide bonds. The molecule has 2 aromatic carbocycles. The standard InChI is InChI=1S/C19H19NO3S/c1-14-10-11-16(13-18(14)24(2,22)23)19(21)20-12-6-5-8-15-7-3-4-9-17(15)20/h3-5,7-11,13H,6,12H2,1-2H3. The molecule has 124 valence electrons. The molecule has 0 aromatic heterocycles. The van der Waals surface area contributed by atoms with Gasteiger partial charge in [-0.3, -0.25) is 4.79 Å². The predicted octanol–water partition coefficient (Wildman–Crippen LogP) is 3.46. The molecule has 0 unspecified atom stereocenters. The van der Waals surface area contributed by atoms with Gasteiger partial charge in [0.25, 0.3) is 5.91 Å². The molecule has 24 heavy (non-hydrogen) atoms. The van der Waals surface area contributed by atoms with E-state index >= 15 is 0 Å². The number of hydrogen-bond donors (Lipinski definition) is 0. The maximum atomic E-state index is 13.0. The number of carbonyl (C=O) groups is 1. The van der Waals surface area contributed by atoms with Crippen molar-refractivity contribution in [3.05, 3.63) is 65.2 Å². The number of fused-ring (bicyclic) bond motifs is 1. The quantitative estimate of drug-likeness (QED) is 0.840. The zero-order valence-corrected chi connectivity index (χ0v) is 14.5. The normalized spacial score (nSPS) is 14.2. The fourth-order valence-electron chi connectivity index (χ4n) is 2.91. The first-order chi connectivity index (χ1) is 11.4. The molecule has 0 fully saturated rings.